The lowest BCUT2D eigenvalue weighted by Gasteiger charge is -2.39. The van der Waals surface area contributed by atoms with E-state index in [9.17, 15) is 23.1 Å². The van der Waals surface area contributed by atoms with Crippen molar-refractivity contribution in [3.05, 3.63) is 58.4 Å². The molecule has 2 aromatic rings. The average molecular weight is 486 g/mol. The van der Waals surface area contributed by atoms with Crippen LogP contribution in [0.25, 0.3) is 0 Å². The lowest BCUT2D eigenvalue weighted by molar-refractivity contribution is -0.252. The highest BCUT2D eigenvalue weighted by Gasteiger charge is 2.60. The van der Waals surface area contributed by atoms with Gasteiger partial charge in [-0.1, -0.05) is 24.6 Å². The zero-order chi connectivity index (χ0) is 24.4. The van der Waals surface area contributed by atoms with E-state index < -0.39 is 23.7 Å². The van der Waals surface area contributed by atoms with Crippen molar-refractivity contribution in [2.45, 2.75) is 57.2 Å². The summed E-state index contributed by atoms with van der Waals surface area (Å²) in [7, 11) is 0. The van der Waals surface area contributed by atoms with E-state index in [4.69, 9.17) is 21.4 Å². The largest absolute Gasteiger partial charge is 0.489 e. The van der Waals surface area contributed by atoms with E-state index in [0.29, 0.717) is 11.3 Å². The summed E-state index contributed by atoms with van der Waals surface area (Å²) in [6.45, 7) is 2.72. The smallest absolute Gasteiger partial charge is 0.421 e. The van der Waals surface area contributed by atoms with Gasteiger partial charge in [-0.25, -0.2) is 0 Å². The van der Waals surface area contributed by atoms with Crippen molar-refractivity contribution >= 4 is 23.8 Å². The number of hydrogen-bond acceptors (Lipinski definition) is 5. The van der Waals surface area contributed by atoms with Crippen LogP contribution in [0, 0.1) is 0 Å². The lowest BCUT2D eigenvalue weighted by atomic mass is 9.75. The van der Waals surface area contributed by atoms with Crippen molar-refractivity contribution in [3.8, 4) is 5.75 Å². The molecular weight excluding hydrogens is 463 g/mol. The molecule has 0 amide bonds. The van der Waals surface area contributed by atoms with Crippen LogP contribution in [0.4, 0.5) is 13.2 Å². The van der Waals surface area contributed by atoms with Gasteiger partial charge in [0, 0.05) is 28.9 Å². The zero-order valence-electron chi connectivity index (χ0n) is 17.9. The van der Waals surface area contributed by atoms with Gasteiger partial charge in [0.05, 0.1) is 12.2 Å². The third-order valence-electron chi connectivity index (χ3n) is 5.51. The summed E-state index contributed by atoms with van der Waals surface area (Å²) in [6, 6.07) is 3.87. The van der Waals surface area contributed by atoms with Crippen LogP contribution < -0.4 is 4.74 Å². The van der Waals surface area contributed by atoms with Crippen LogP contribution in [0.2, 0.25) is 5.02 Å². The molecule has 0 aliphatic carbocycles. The second kappa shape index (κ2) is 9.56. The number of rotatable bonds is 8. The summed E-state index contributed by atoms with van der Waals surface area (Å²) in [5, 5.41) is 23.6. The van der Waals surface area contributed by atoms with Gasteiger partial charge in [0.1, 0.15) is 18.9 Å². The standard InChI is InChI=1S/C22H23ClF3N3O4/c1-13-7-16(5-6-27-13)21(32,22(24,25)26)14(2)18-4-3-17(8-19(18)23)33-12-15-9-28-29(10-15)11-20(30)31/h3-6,8-10,13-14,32H,7,11-12H2,1-2H3,(H,30,31)/t13?,14-,21-/m1/s1. The Bertz CT molecular complexity index is 1080. The first-order valence-electron chi connectivity index (χ1n) is 10.1. The number of aromatic nitrogens is 2. The first-order valence-corrected chi connectivity index (χ1v) is 10.5. The summed E-state index contributed by atoms with van der Waals surface area (Å²) < 4.78 is 49.2. The highest BCUT2D eigenvalue weighted by Crippen LogP contribution is 2.49. The number of carbonyl (C=O) groups is 1. The van der Waals surface area contributed by atoms with E-state index in [1.165, 1.54) is 54.5 Å². The molecule has 178 valence electrons. The van der Waals surface area contributed by atoms with Gasteiger partial charge in [-0.15, -0.1) is 0 Å². The first kappa shape index (κ1) is 24.8. The number of benzene rings is 1. The van der Waals surface area contributed by atoms with Crippen LogP contribution in [0.15, 0.2) is 47.2 Å². The molecule has 2 N–H and O–H groups in total. The first-order chi connectivity index (χ1) is 15.4. The van der Waals surface area contributed by atoms with E-state index in [2.05, 4.69) is 10.1 Å². The Morgan fingerprint density at radius 2 is 2.12 bits per heavy atom. The quantitative estimate of drug-likeness (QED) is 0.578. The number of halogens is 4. The van der Waals surface area contributed by atoms with Crippen molar-refractivity contribution < 1.29 is 32.9 Å². The molecule has 3 rings (SSSR count). The number of hydrogen-bond donors (Lipinski definition) is 2. The van der Waals surface area contributed by atoms with E-state index >= 15 is 0 Å². The molecule has 0 bridgehead atoms. The Morgan fingerprint density at radius 3 is 2.73 bits per heavy atom. The molecule has 0 radical (unpaired) electrons. The van der Waals surface area contributed by atoms with Crippen molar-refractivity contribution in [2.75, 3.05) is 0 Å². The number of aliphatic imine (C=N–C) groups is 1. The summed E-state index contributed by atoms with van der Waals surface area (Å²) in [5.41, 5.74) is -2.55. The van der Waals surface area contributed by atoms with Gasteiger partial charge in [0.25, 0.3) is 0 Å². The van der Waals surface area contributed by atoms with Crippen LogP contribution in [0.3, 0.4) is 0 Å². The zero-order valence-corrected chi connectivity index (χ0v) is 18.6. The van der Waals surface area contributed by atoms with Crippen molar-refractivity contribution in [1.29, 1.82) is 0 Å². The molecule has 0 spiro atoms. The molecule has 0 saturated heterocycles. The van der Waals surface area contributed by atoms with Gasteiger partial charge >= 0.3 is 12.1 Å². The minimum Gasteiger partial charge on any atom is -0.489 e. The Balaban J connectivity index is 1.80. The average Bonchev–Trinajstić information content (AvgIpc) is 3.17. The predicted molar refractivity (Wildman–Crippen MR) is 116 cm³/mol. The maximum atomic E-state index is 14.1. The second-order valence-corrected chi connectivity index (χ2v) is 8.35. The molecule has 11 heteroatoms. The Morgan fingerprint density at radius 1 is 1.39 bits per heavy atom. The minimum absolute atomic E-state index is 0.0161. The molecule has 1 aromatic carbocycles. The van der Waals surface area contributed by atoms with Gasteiger partial charge in [0.15, 0.2) is 5.60 Å². The van der Waals surface area contributed by atoms with Crippen LogP contribution in [-0.2, 0) is 17.9 Å². The van der Waals surface area contributed by atoms with Crippen LogP contribution in [0.1, 0.15) is 37.3 Å². The Labute approximate surface area is 193 Å². The van der Waals surface area contributed by atoms with Crippen molar-refractivity contribution in [3.63, 3.8) is 0 Å². The monoisotopic (exact) mass is 485 g/mol. The molecule has 1 unspecified atom stereocenters. The molecular formula is C22H23ClF3N3O4. The summed E-state index contributed by atoms with van der Waals surface area (Å²) in [4.78, 5) is 14.8. The van der Waals surface area contributed by atoms with E-state index in [1.54, 1.807) is 6.92 Å². The fourth-order valence-electron chi connectivity index (χ4n) is 3.75. The second-order valence-electron chi connectivity index (χ2n) is 7.94. The fourth-order valence-corrected chi connectivity index (χ4v) is 4.09. The Hall–Kier alpha value is -2.85. The van der Waals surface area contributed by atoms with Crippen LogP contribution in [0.5, 0.6) is 5.75 Å². The van der Waals surface area contributed by atoms with Gasteiger partial charge in [-0.3, -0.25) is 14.5 Å². The summed E-state index contributed by atoms with van der Waals surface area (Å²) >= 11 is 6.31. The van der Waals surface area contributed by atoms with Crippen molar-refractivity contribution in [2.24, 2.45) is 4.99 Å². The predicted octanol–water partition coefficient (Wildman–Crippen LogP) is 4.39. The van der Waals surface area contributed by atoms with Crippen LogP contribution in [-0.4, -0.2) is 50.0 Å². The van der Waals surface area contributed by atoms with Gasteiger partial charge in [-0.05, 0) is 42.7 Å². The maximum absolute atomic E-state index is 14.1. The van der Waals surface area contributed by atoms with E-state index in [0.717, 1.165) is 0 Å². The number of allylic oxidation sites excluding steroid dienone is 1. The molecule has 0 fully saturated rings. The highest BCUT2D eigenvalue weighted by atomic mass is 35.5. The molecule has 2 heterocycles. The molecule has 33 heavy (non-hydrogen) atoms. The number of ether oxygens (including phenoxy) is 1. The number of alkyl halides is 3. The van der Waals surface area contributed by atoms with Gasteiger partial charge < -0.3 is 14.9 Å². The molecule has 3 atom stereocenters. The topological polar surface area (TPSA) is 96.9 Å². The molecule has 1 aromatic heterocycles. The van der Waals surface area contributed by atoms with Gasteiger partial charge in [-0.2, -0.15) is 18.3 Å². The molecule has 1 aliphatic heterocycles. The molecule has 7 nitrogen and oxygen atoms in total. The number of dihydropyridines is 1. The van der Waals surface area contributed by atoms with E-state index in [1.807, 2.05) is 0 Å². The van der Waals surface area contributed by atoms with Gasteiger partial charge in [0.2, 0.25) is 0 Å². The maximum Gasteiger partial charge on any atom is 0.421 e. The lowest BCUT2D eigenvalue weighted by Crippen LogP contribution is -2.51. The summed E-state index contributed by atoms with van der Waals surface area (Å²) in [5.74, 6) is -2.13. The number of aliphatic hydroxyl groups is 1. The summed E-state index contributed by atoms with van der Waals surface area (Å²) in [6.07, 6.45) is 0.497. The third-order valence-corrected chi connectivity index (χ3v) is 5.84. The fraction of sp³-hybridized carbons (Fsp3) is 0.409. The van der Waals surface area contributed by atoms with E-state index in [-0.39, 0.29) is 41.8 Å². The van der Waals surface area contributed by atoms with Crippen molar-refractivity contribution in [1.82, 2.24) is 9.78 Å². The highest BCUT2D eigenvalue weighted by molar-refractivity contribution is 6.31. The number of nitrogens with zero attached hydrogens (tertiary/aromatic N) is 3. The SMILES string of the molecule is CC1CC([C@](O)([C@H](C)c2ccc(OCc3cnn(CC(=O)O)c3)cc2Cl)C(F)(F)F)=CC=N1. The number of aliphatic carboxylic acids is 1. The third kappa shape index (κ3) is 5.39. The molecule has 1 aliphatic rings. The number of carboxylic acids is 1. The molecule has 0 saturated carbocycles. The normalized spacial score (nSPS) is 19.0. The number of carboxylic acid groups (broad SMARTS) is 1. The van der Waals surface area contributed by atoms with Crippen LogP contribution >= 0.6 is 11.6 Å². The Kier molecular flexibility index (Phi) is 7.18. The minimum atomic E-state index is -4.93.